The molecule has 3 heterocycles. The van der Waals surface area contributed by atoms with Gasteiger partial charge in [-0.1, -0.05) is 6.07 Å². The Bertz CT molecular complexity index is 1180. The standard InChI is InChI=1S/C19H18N6O3S/c1-15-11-18(7-8-19(15)25-14-21-22-23-25)29(26,27)24(13-17-6-4-10-28-17)12-16-5-2-3-9-20-16/h2-11,14H,12-13H2,1H3. The molecule has 0 saturated carbocycles. The molecule has 1 aromatic carbocycles. The maximum absolute atomic E-state index is 13.4. The van der Waals surface area contributed by atoms with E-state index in [0.717, 1.165) is 5.56 Å². The van der Waals surface area contributed by atoms with Gasteiger partial charge in [0.2, 0.25) is 10.0 Å². The molecule has 9 nitrogen and oxygen atoms in total. The number of aryl methyl sites for hydroxylation is 1. The summed E-state index contributed by atoms with van der Waals surface area (Å²) in [4.78, 5) is 4.43. The third-order valence-corrected chi connectivity index (χ3v) is 6.17. The van der Waals surface area contributed by atoms with E-state index in [9.17, 15) is 8.42 Å². The summed E-state index contributed by atoms with van der Waals surface area (Å²) in [5.41, 5.74) is 2.08. The van der Waals surface area contributed by atoms with Gasteiger partial charge in [-0.05, 0) is 65.4 Å². The lowest BCUT2D eigenvalue weighted by Gasteiger charge is -2.21. The molecule has 0 unspecified atom stereocenters. The van der Waals surface area contributed by atoms with Gasteiger partial charge >= 0.3 is 0 Å². The van der Waals surface area contributed by atoms with E-state index in [2.05, 4.69) is 20.5 Å². The fraction of sp³-hybridized carbons (Fsp3) is 0.158. The first kappa shape index (κ1) is 19.0. The van der Waals surface area contributed by atoms with E-state index in [1.807, 2.05) is 13.0 Å². The maximum Gasteiger partial charge on any atom is 0.243 e. The molecule has 0 aliphatic rings. The first-order valence-corrected chi connectivity index (χ1v) is 10.2. The Morgan fingerprint density at radius 2 is 2.00 bits per heavy atom. The fourth-order valence-corrected chi connectivity index (χ4v) is 4.40. The van der Waals surface area contributed by atoms with Crippen LogP contribution >= 0.6 is 0 Å². The van der Waals surface area contributed by atoms with Crippen molar-refractivity contribution in [3.8, 4) is 5.69 Å². The van der Waals surface area contributed by atoms with Gasteiger partial charge in [0, 0.05) is 6.20 Å². The van der Waals surface area contributed by atoms with Crippen LogP contribution in [0.25, 0.3) is 5.69 Å². The quantitative estimate of drug-likeness (QED) is 0.460. The summed E-state index contributed by atoms with van der Waals surface area (Å²) in [5, 5.41) is 11.1. The van der Waals surface area contributed by atoms with Crippen LogP contribution in [-0.4, -0.2) is 37.9 Å². The Hall–Kier alpha value is -3.37. The van der Waals surface area contributed by atoms with Crippen LogP contribution in [0.5, 0.6) is 0 Å². The van der Waals surface area contributed by atoms with Crippen molar-refractivity contribution in [2.24, 2.45) is 0 Å². The molecule has 148 valence electrons. The van der Waals surface area contributed by atoms with E-state index < -0.39 is 10.0 Å². The van der Waals surface area contributed by atoms with Crippen LogP contribution in [0.15, 0.2) is 76.6 Å². The second kappa shape index (κ2) is 7.94. The average Bonchev–Trinajstić information content (AvgIpc) is 3.42. The van der Waals surface area contributed by atoms with Gasteiger partial charge < -0.3 is 4.42 Å². The summed E-state index contributed by atoms with van der Waals surface area (Å²) in [6.07, 6.45) is 4.62. The highest BCUT2D eigenvalue weighted by molar-refractivity contribution is 7.89. The Morgan fingerprint density at radius 1 is 1.10 bits per heavy atom. The molecular weight excluding hydrogens is 392 g/mol. The summed E-state index contributed by atoms with van der Waals surface area (Å²) in [5.74, 6) is 0.548. The van der Waals surface area contributed by atoms with E-state index in [0.29, 0.717) is 17.1 Å². The molecule has 0 saturated heterocycles. The second-order valence-corrected chi connectivity index (χ2v) is 8.31. The Labute approximate surface area is 167 Å². The molecule has 4 aromatic rings. The molecule has 10 heteroatoms. The Kier molecular flexibility index (Phi) is 5.19. The number of hydrogen-bond donors (Lipinski definition) is 0. The van der Waals surface area contributed by atoms with Crippen LogP contribution < -0.4 is 0 Å². The molecular formula is C19H18N6O3S. The van der Waals surface area contributed by atoms with E-state index in [4.69, 9.17) is 4.42 Å². The zero-order valence-electron chi connectivity index (χ0n) is 15.6. The van der Waals surface area contributed by atoms with E-state index in [1.165, 1.54) is 21.6 Å². The van der Waals surface area contributed by atoms with Crippen LogP contribution in [0.3, 0.4) is 0 Å². The lowest BCUT2D eigenvalue weighted by Crippen LogP contribution is -2.30. The summed E-state index contributed by atoms with van der Waals surface area (Å²) in [6.45, 7) is 2.03. The predicted molar refractivity (Wildman–Crippen MR) is 103 cm³/mol. The summed E-state index contributed by atoms with van der Waals surface area (Å²) >= 11 is 0. The Balaban J connectivity index is 1.69. The number of aromatic nitrogens is 5. The summed E-state index contributed by atoms with van der Waals surface area (Å²) < 4.78 is 35.1. The molecule has 4 rings (SSSR count). The van der Waals surface area contributed by atoms with Crippen LogP contribution in [0, 0.1) is 6.92 Å². The average molecular weight is 410 g/mol. The first-order chi connectivity index (χ1) is 14.0. The molecule has 29 heavy (non-hydrogen) atoms. The molecule has 0 amide bonds. The van der Waals surface area contributed by atoms with Gasteiger partial charge in [0.05, 0.1) is 35.6 Å². The highest BCUT2D eigenvalue weighted by atomic mass is 32.2. The minimum atomic E-state index is -3.81. The molecule has 0 fully saturated rings. The predicted octanol–water partition coefficient (Wildman–Crippen LogP) is 2.35. The van der Waals surface area contributed by atoms with Crippen molar-refractivity contribution in [1.82, 2.24) is 29.5 Å². The normalized spacial score (nSPS) is 11.8. The number of benzene rings is 1. The topological polar surface area (TPSA) is 107 Å². The van der Waals surface area contributed by atoms with Gasteiger partial charge in [0.15, 0.2) is 0 Å². The van der Waals surface area contributed by atoms with Crippen LogP contribution in [0.2, 0.25) is 0 Å². The van der Waals surface area contributed by atoms with E-state index in [-0.39, 0.29) is 18.0 Å². The molecule has 0 radical (unpaired) electrons. The van der Waals surface area contributed by atoms with Crippen molar-refractivity contribution < 1.29 is 12.8 Å². The highest BCUT2D eigenvalue weighted by Crippen LogP contribution is 2.24. The zero-order valence-corrected chi connectivity index (χ0v) is 16.4. The molecule has 0 spiro atoms. The van der Waals surface area contributed by atoms with Gasteiger partial charge in [0.25, 0.3) is 0 Å². The first-order valence-electron chi connectivity index (χ1n) is 8.80. The van der Waals surface area contributed by atoms with Crippen LogP contribution in [-0.2, 0) is 23.1 Å². The van der Waals surface area contributed by atoms with Gasteiger partial charge in [-0.2, -0.15) is 4.31 Å². The van der Waals surface area contributed by atoms with Crippen molar-refractivity contribution in [2.45, 2.75) is 24.9 Å². The molecule has 0 aliphatic carbocycles. The number of rotatable bonds is 7. The van der Waals surface area contributed by atoms with E-state index in [1.54, 1.807) is 48.7 Å². The zero-order chi connectivity index (χ0) is 20.3. The number of sulfonamides is 1. The van der Waals surface area contributed by atoms with E-state index >= 15 is 0 Å². The monoisotopic (exact) mass is 410 g/mol. The summed E-state index contributed by atoms with van der Waals surface area (Å²) in [6, 6.07) is 13.7. The van der Waals surface area contributed by atoms with Crippen molar-refractivity contribution in [2.75, 3.05) is 0 Å². The van der Waals surface area contributed by atoms with Crippen LogP contribution in [0.4, 0.5) is 0 Å². The summed E-state index contributed by atoms with van der Waals surface area (Å²) in [7, 11) is -3.81. The lowest BCUT2D eigenvalue weighted by atomic mass is 10.2. The maximum atomic E-state index is 13.4. The minimum absolute atomic E-state index is 0.0969. The smallest absolute Gasteiger partial charge is 0.243 e. The van der Waals surface area contributed by atoms with Crippen molar-refractivity contribution in [1.29, 1.82) is 0 Å². The molecule has 3 aromatic heterocycles. The van der Waals surface area contributed by atoms with Gasteiger partial charge in [-0.15, -0.1) is 5.10 Å². The van der Waals surface area contributed by atoms with Crippen molar-refractivity contribution >= 4 is 10.0 Å². The lowest BCUT2D eigenvalue weighted by molar-refractivity contribution is 0.355. The Morgan fingerprint density at radius 3 is 2.66 bits per heavy atom. The second-order valence-electron chi connectivity index (χ2n) is 6.38. The molecule has 0 bridgehead atoms. The van der Waals surface area contributed by atoms with Gasteiger partial charge in [-0.3, -0.25) is 4.98 Å². The van der Waals surface area contributed by atoms with Crippen LogP contribution in [0.1, 0.15) is 17.0 Å². The number of nitrogens with zero attached hydrogens (tertiary/aromatic N) is 6. The molecule has 0 aliphatic heterocycles. The molecule has 0 N–H and O–H groups in total. The van der Waals surface area contributed by atoms with Crippen molar-refractivity contribution in [3.63, 3.8) is 0 Å². The number of tetrazole rings is 1. The largest absolute Gasteiger partial charge is 0.468 e. The third kappa shape index (κ3) is 4.08. The van der Waals surface area contributed by atoms with Gasteiger partial charge in [-0.25, -0.2) is 13.1 Å². The third-order valence-electron chi connectivity index (χ3n) is 4.38. The van der Waals surface area contributed by atoms with Gasteiger partial charge in [0.1, 0.15) is 12.1 Å². The minimum Gasteiger partial charge on any atom is -0.468 e. The number of furan rings is 1. The van der Waals surface area contributed by atoms with Crippen molar-refractivity contribution in [3.05, 3.63) is 84.3 Å². The SMILES string of the molecule is Cc1cc(S(=O)(=O)N(Cc2ccccn2)Cc2ccco2)ccc1-n1cnnn1. The molecule has 0 atom stereocenters. The number of hydrogen-bond acceptors (Lipinski definition) is 7. The highest BCUT2D eigenvalue weighted by Gasteiger charge is 2.27. The number of pyridine rings is 1. The fourth-order valence-electron chi connectivity index (χ4n) is 2.94.